The molecule has 1 unspecified atom stereocenters. The Kier molecular flexibility index (Phi) is 4.69. The van der Waals surface area contributed by atoms with Gasteiger partial charge in [-0.1, -0.05) is 12.1 Å². The highest BCUT2D eigenvalue weighted by Crippen LogP contribution is 2.39. The zero-order valence-corrected chi connectivity index (χ0v) is 15.7. The number of fused-ring (bicyclic) bond motifs is 1. The average molecular weight is 388 g/mol. The molecule has 0 radical (unpaired) electrons. The predicted octanol–water partition coefficient (Wildman–Crippen LogP) is 4.22. The average Bonchev–Trinajstić information content (AvgIpc) is 2.94. The van der Waals surface area contributed by atoms with Crippen molar-refractivity contribution < 1.29 is 23.1 Å². The number of rotatable bonds is 2. The van der Waals surface area contributed by atoms with Gasteiger partial charge in [0.05, 0.1) is 12.0 Å². The molecule has 0 saturated carbocycles. The Balaban J connectivity index is 1.54. The molecule has 5 nitrogen and oxygen atoms in total. The van der Waals surface area contributed by atoms with E-state index in [9.17, 15) is 18.4 Å². The van der Waals surface area contributed by atoms with E-state index in [0.29, 0.717) is 49.4 Å². The van der Waals surface area contributed by atoms with Crippen LogP contribution in [0.15, 0.2) is 36.4 Å². The van der Waals surface area contributed by atoms with Crippen molar-refractivity contribution in [3.8, 4) is 5.75 Å². The highest BCUT2D eigenvalue weighted by atomic mass is 19.3. The number of benzene rings is 1. The Hall–Kier alpha value is -2.70. The summed E-state index contributed by atoms with van der Waals surface area (Å²) in [5.74, 6) is 0.220. The minimum absolute atomic E-state index is 0.00515. The molecule has 2 aromatic rings. The van der Waals surface area contributed by atoms with Crippen LogP contribution in [0.4, 0.5) is 8.78 Å². The molecule has 2 aliphatic heterocycles. The van der Waals surface area contributed by atoms with Gasteiger partial charge in [0.1, 0.15) is 17.0 Å². The molecule has 1 atom stereocenters. The summed E-state index contributed by atoms with van der Waals surface area (Å²) in [6, 6.07) is 10.2. The Morgan fingerprint density at radius 3 is 2.71 bits per heavy atom. The molecule has 28 heavy (non-hydrogen) atoms. The lowest BCUT2D eigenvalue weighted by molar-refractivity contribution is 0.0295. The molecule has 148 valence electrons. The van der Waals surface area contributed by atoms with Crippen molar-refractivity contribution in [1.29, 1.82) is 0 Å². The fourth-order valence-corrected chi connectivity index (χ4v) is 4.24. The van der Waals surface area contributed by atoms with Crippen molar-refractivity contribution in [3.05, 3.63) is 53.3 Å². The lowest BCUT2D eigenvalue weighted by atomic mass is 9.84. The number of para-hydroxylation sites is 1. The number of carbonyl (C=O) groups is 2. The monoisotopic (exact) mass is 388 g/mol. The molecule has 1 saturated heterocycles. The number of likely N-dealkylation sites (tertiary alicyclic amines) is 1. The second kappa shape index (κ2) is 7.04. The van der Waals surface area contributed by atoms with Gasteiger partial charge in [-0.2, -0.15) is 8.78 Å². The smallest absolute Gasteiger partial charge is 0.319 e. The zero-order chi connectivity index (χ0) is 19.9. The van der Waals surface area contributed by atoms with Gasteiger partial charge < -0.3 is 9.64 Å². The summed E-state index contributed by atoms with van der Waals surface area (Å²) in [4.78, 5) is 27.1. The van der Waals surface area contributed by atoms with Crippen LogP contribution < -0.4 is 4.74 Å². The quantitative estimate of drug-likeness (QED) is 0.774. The highest BCUT2D eigenvalue weighted by molar-refractivity contribution is 6.00. The third-order valence-corrected chi connectivity index (χ3v) is 5.72. The number of carbonyl (C=O) groups excluding carboxylic acids is 2. The number of aryl methyl sites for hydroxylation is 1. The van der Waals surface area contributed by atoms with Gasteiger partial charge in [0.2, 0.25) is 0 Å². The molecular formula is C21H22F2N2O3. The molecule has 0 bridgehead atoms. The normalized spacial score (nSPS) is 22.1. The number of ether oxygens (including phenoxy) is 1. The van der Waals surface area contributed by atoms with Gasteiger partial charge in [0, 0.05) is 25.2 Å². The number of nitrogens with zero attached hydrogens (tertiary/aromatic N) is 2. The first-order valence-electron chi connectivity index (χ1n) is 9.47. The minimum atomic E-state index is -2.76. The van der Waals surface area contributed by atoms with Crippen molar-refractivity contribution in [2.75, 3.05) is 13.1 Å². The molecule has 1 aromatic heterocycles. The van der Waals surface area contributed by atoms with E-state index in [4.69, 9.17) is 4.74 Å². The highest BCUT2D eigenvalue weighted by Gasteiger charge is 2.42. The van der Waals surface area contributed by atoms with E-state index >= 15 is 0 Å². The first kappa shape index (κ1) is 18.7. The summed E-state index contributed by atoms with van der Waals surface area (Å²) in [5.41, 5.74) is 0.300. The first-order chi connectivity index (χ1) is 13.4. The second-order valence-electron chi connectivity index (χ2n) is 7.53. The summed E-state index contributed by atoms with van der Waals surface area (Å²) in [7, 11) is 0. The summed E-state index contributed by atoms with van der Waals surface area (Å²) in [6.07, 6.45) is 2.06. The number of hydrogen-bond donors (Lipinski definition) is 0. The van der Waals surface area contributed by atoms with Crippen molar-refractivity contribution in [2.24, 2.45) is 0 Å². The number of amides is 1. The summed E-state index contributed by atoms with van der Waals surface area (Å²) in [5, 5.41) is 0. The van der Waals surface area contributed by atoms with Gasteiger partial charge in [0.15, 0.2) is 5.78 Å². The molecule has 1 spiro atoms. The Morgan fingerprint density at radius 1 is 1.14 bits per heavy atom. The van der Waals surface area contributed by atoms with E-state index in [2.05, 4.69) is 0 Å². The van der Waals surface area contributed by atoms with E-state index < -0.39 is 18.1 Å². The number of ketones is 1. The third-order valence-electron chi connectivity index (χ3n) is 5.72. The van der Waals surface area contributed by atoms with Crippen LogP contribution in [0, 0.1) is 6.92 Å². The van der Waals surface area contributed by atoms with Crippen LogP contribution in [-0.4, -0.2) is 39.8 Å². The maximum atomic E-state index is 13.3. The third kappa shape index (κ3) is 3.19. The van der Waals surface area contributed by atoms with Gasteiger partial charge >= 0.3 is 6.55 Å². The lowest BCUT2D eigenvalue weighted by Crippen LogP contribution is -2.43. The van der Waals surface area contributed by atoms with Crippen molar-refractivity contribution in [1.82, 2.24) is 9.47 Å². The molecule has 0 N–H and O–H groups in total. The van der Waals surface area contributed by atoms with E-state index in [1.54, 1.807) is 24.0 Å². The van der Waals surface area contributed by atoms with Crippen molar-refractivity contribution in [3.63, 3.8) is 0 Å². The van der Waals surface area contributed by atoms with E-state index in [-0.39, 0.29) is 17.9 Å². The maximum absolute atomic E-state index is 13.3. The van der Waals surface area contributed by atoms with Crippen LogP contribution in [-0.2, 0) is 0 Å². The standard InChI is InChI=1S/C21H22F2N2O3/c1-14-7-8-16(25(14)20(22)23)19(27)24-11-4-9-21(10-12-24)13-17(26)15-5-2-3-6-18(15)28-21/h2-3,5-8,20H,4,9-13H2,1H3. The number of hydrogen-bond acceptors (Lipinski definition) is 3. The van der Waals surface area contributed by atoms with Crippen molar-refractivity contribution >= 4 is 11.7 Å². The van der Waals surface area contributed by atoms with E-state index in [0.717, 1.165) is 4.57 Å². The Bertz CT molecular complexity index is 924. The van der Waals surface area contributed by atoms with Crippen LogP contribution >= 0.6 is 0 Å². The molecule has 3 heterocycles. The predicted molar refractivity (Wildman–Crippen MR) is 98.9 cm³/mol. The van der Waals surface area contributed by atoms with Gasteiger partial charge in [-0.3, -0.25) is 14.2 Å². The SMILES string of the molecule is Cc1ccc(C(=O)N2CCCC3(CC2)CC(=O)c2ccccc2O3)n1C(F)F. The molecule has 7 heteroatoms. The van der Waals surface area contributed by atoms with Gasteiger partial charge in [0.25, 0.3) is 5.91 Å². The Morgan fingerprint density at radius 2 is 1.93 bits per heavy atom. The van der Waals surface area contributed by atoms with Crippen LogP contribution in [0.5, 0.6) is 5.75 Å². The van der Waals surface area contributed by atoms with Gasteiger partial charge in [-0.25, -0.2) is 0 Å². The number of alkyl halides is 2. The van der Waals surface area contributed by atoms with E-state index in [1.807, 2.05) is 12.1 Å². The summed E-state index contributed by atoms with van der Waals surface area (Å²) >= 11 is 0. The van der Waals surface area contributed by atoms with Crippen LogP contribution in [0.2, 0.25) is 0 Å². The van der Waals surface area contributed by atoms with E-state index in [1.165, 1.54) is 12.1 Å². The zero-order valence-electron chi connectivity index (χ0n) is 15.7. The summed E-state index contributed by atoms with van der Waals surface area (Å²) < 4.78 is 33.7. The maximum Gasteiger partial charge on any atom is 0.319 e. The number of aromatic nitrogens is 1. The molecular weight excluding hydrogens is 366 g/mol. The Labute approximate surface area is 161 Å². The second-order valence-corrected chi connectivity index (χ2v) is 7.53. The molecule has 2 aliphatic rings. The lowest BCUT2D eigenvalue weighted by Gasteiger charge is -2.37. The van der Waals surface area contributed by atoms with Gasteiger partial charge in [-0.05, 0) is 44.0 Å². The number of Topliss-reactive ketones (excluding diaryl/α,β-unsaturated/α-hetero) is 1. The molecule has 1 fully saturated rings. The van der Waals surface area contributed by atoms with Crippen LogP contribution in [0.3, 0.4) is 0 Å². The molecule has 0 aliphatic carbocycles. The molecule has 1 aromatic carbocycles. The minimum Gasteiger partial charge on any atom is -0.486 e. The summed E-state index contributed by atoms with van der Waals surface area (Å²) in [6.45, 7) is -0.392. The first-order valence-corrected chi connectivity index (χ1v) is 9.47. The topological polar surface area (TPSA) is 51.5 Å². The van der Waals surface area contributed by atoms with Gasteiger partial charge in [-0.15, -0.1) is 0 Å². The number of halogens is 2. The molecule has 1 amide bonds. The fraction of sp³-hybridized carbons (Fsp3) is 0.429. The molecule has 4 rings (SSSR count). The van der Waals surface area contributed by atoms with Crippen LogP contribution in [0.1, 0.15) is 58.8 Å². The van der Waals surface area contributed by atoms with Crippen LogP contribution in [0.25, 0.3) is 0 Å². The fourth-order valence-electron chi connectivity index (χ4n) is 4.24. The largest absolute Gasteiger partial charge is 0.486 e. The van der Waals surface area contributed by atoms with Crippen molar-refractivity contribution in [2.45, 2.75) is 44.8 Å².